The van der Waals surface area contributed by atoms with Crippen LogP contribution in [0.15, 0.2) is 6.20 Å². The van der Waals surface area contributed by atoms with Crippen LogP contribution < -0.4 is 5.32 Å². The molecule has 1 aromatic heterocycles. The fourth-order valence-electron chi connectivity index (χ4n) is 1.64. The first-order valence-electron chi connectivity index (χ1n) is 5.10. The molecule has 5 heteroatoms. The van der Waals surface area contributed by atoms with Gasteiger partial charge in [0.05, 0.1) is 16.9 Å². The molecule has 1 heterocycles. The monoisotopic (exact) mass is 231 g/mol. The Balaban J connectivity index is 2.76. The maximum absolute atomic E-state index is 10.3. The van der Waals surface area contributed by atoms with Crippen molar-refractivity contribution in [3.8, 4) is 0 Å². The highest BCUT2D eigenvalue weighted by Gasteiger charge is 2.28. The van der Waals surface area contributed by atoms with Crippen molar-refractivity contribution in [3.05, 3.63) is 16.9 Å². The van der Waals surface area contributed by atoms with Crippen molar-refractivity contribution in [1.82, 2.24) is 15.1 Å². The van der Waals surface area contributed by atoms with E-state index in [1.807, 2.05) is 6.92 Å². The number of aryl methyl sites for hydroxylation is 1. The van der Waals surface area contributed by atoms with Crippen LogP contribution in [-0.4, -0.2) is 28.0 Å². The molecule has 0 aliphatic carbocycles. The zero-order valence-corrected chi connectivity index (χ0v) is 10.2. The molecule has 0 fully saturated rings. The van der Waals surface area contributed by atoms with E-state index in [-0.39, 0.29) is 0 Å². The molecule has 1 unspecified atom stereocenters. The summed E-state index contributed by atoms with van der Waals surface area (Å²) >= 11 is 5.98. The lowest BCUT2D eigenvalue weighted by molar-refractivity contribution is 0.0399. The molecule has 1 aromatic rings. The van der Waals surface area contributed by atoms with Gasteiger partial charge in [-0.15, -0.1) is 0 Å². The van der Waals surface area contributed by atoms with Crippen molar-refractivity contribution in [1.29, 1.82) is 0 Å². The molecule has 2 N–H and O–H groups in total. The van der Waals surface area contributed by atoms with Crippen molar-refractivity contribution in [2.45, 2.75) is 25.9 Å². The number of halogens is 1. The van der Waals surface area contributed by atoms with E-state index in [9.17, 15) is 5.11 Å². The van der Waals surface area contributed by atoms with Crippen LogP contribution in [0.5, 0.6) is 0 Å². The van der Waals surface area contributed by atoms with E-state index in [0.29, 0.717) is 17.1 Å². The highest BCUT2D eigenvalue weighted by molar-refractivity contribution is 6.31. The van der Waals surface area contributed by atoms with E-state index in [1.54, 1.807) is 24.9 Å². The molecule has 0 radical (unpaired) electrons. The predicted octanol–water partition coefficient (Wildman–Crippen LogP) is 1.28. The van der Waals surface area contributed by atoms with Gasteiger partial charge in [-0.25, -0.2) is 0 Å². The molecule has 86 valence electrons. The lowest BCUT2D eigenvalue weighted by atomic mass is 9.98. The molecular formula is C10H18ClN3O. The summed E-state index contributed by atoms with van der Waals surface area (Å²) in [7, 11) is 1.78. The molecule has 1 atom stereocenters. The van der Waals surface area contributed by atoms with Gasteiger partial charge in [0.1, 0.15) is 5.60 Å². The van der Waals surface area contributed by atoms with E-state index >= 15 is 0 Å². The molecule has 0 amide bonds. The minimum atomic E-state index is -0.940. The SMILES string of the molecule is CCNCCC(C)(O)c1c(Cl)cnn1C. The van der Waals surface area contributed by atoms with Gasteiger partial charge in [-0.3, -0.25) is 4.68 Å². The van der Waals surface area contributed by atoms with E-state index in [4.69, 9.17) is 11.6 Å². The first-order chi connectivity index (χ1) is 6.99. The standard InChI is InChI=1S/C10H18ClN3O/c1-4-12-6-5-10(2,15)9-8(11)7-13-14(9)3/h7,12,15H,4-6H2,1-3H3. The van der Waals surface area contributed by atoms with Crippen LogP contribution in [0, 0.1) is 0 Å². The number of nitrogens with zero attached hydrogens (tertiary/aromatic N) is 2. The second kappa shape index (κ2) is 4.96. The van der Waals surface area contributed by atoms with Gasteiger partial charge in [0.25, 0.3) is 0 Å². The van der Waals surface area contributed by atoms with Gasteiger partial charge >= 0.3 is 0 Å². The number of nitrogens with one attached hydrogen (secondary N) is 1. The second-order valence-corrected chi connectivity index (χ2v) is 4.25. The Bertz CT molecular complexity index is 303. The van der Waals surface area contributed by atoms with Gasteiger partial charge in [0, 0.05) is 7.05 Å². The number of aromatic nitrogens is 2. The molecule has 0 spiro atoms. The first kappa shape index (κ1) is 12.5. The summed E-state index contributed by atoms with van der Waals surface area (Å²) < 4.78 is 1.62. The largest absolute Gasteiger partial charge is 0.384 e. The van der Waals surface area contributed by atoms with Crippen LogP contribution in [0.2, 0.25) is 5.02 Å². The molecule has 4 nitrogen and oxygen atoms in total. The van der Waals surface area contributed by atoms with Crippen molar-refractivity contribution >= 4 is 11.6 Å². The molecular weight excluding hydrogens is 214 g/mol. The van der Waals surface area contributed by atoms with E-state index < -0.39 is 5.60 Å². The minimum absolute atomic E-state index is 0.513. The maximum atomic E-state index is 10.3. The first-order valence-corrected chi connectivity index (χ1v) is 5.48. The summed E-state index contributed by atoms with van der Waals surface area (Å²) in [5.41, 5.74) is -0.271. The minimum Gasteiger partial charge on any atom is -0.384 e. The third-order valence-electron chi connectivity index (χ3n) is 2.44. The summed E-state index contributed by atoms with van der Waals surface area (Å²) in [6.07, 6.45) is 2.17. The average Bonchev–Trinajstić information content (AvgIpc) is 2.46. The zero-order valence-electron chi connectivity index (χ0n) is 9.42. The Morgan fingerprint density at radius 1 is 1.67 bits per heavy atom. The number of rotatable bonds is 5. The second-order valence-electron chi connectivity index (χ2n) is 3.84. The van der Waals surface area contributed by atoms with Gasteiger partial charge < -0.3 is 10.4 Å². The maximum Gasteiger partial charge on any atom is 0.106 e. The summed E-state index contributed by atoms with van der Waals surface area (Å²) in [6, 6.07) is 0. The van der Waals surface area contributed by atoms with Crippen molar-refractivity contribution < 1.29 is 5.11 Å². The van der Waals surface area contributed by atoms with Crippen molar-refractivity contribution in [3.63, 3.8) is 0 Å². The highest BCUT2D eigenvalue weighted by Crippen LogP contribution is 2.29. The number of hydrogen-bond donors (Lipinski definition) is 2. The third kappa shape index (κ3) is 2.93. The topological polar surface area (TPSA) is 50.1 Å². The van der Waals surface area contributed by atoms with Gasteiger partial charge in [-0.2, -0.15) is 5.10 Å². The van der Waals surface area contributed by atoms with Gasteiger partial charge in [0.15, 0.2) is 0 Å². The van der Waals surface area contributed by atoms with Crippen LogP contribution in [0.1, 0.15) is 26.0 Å². The lowest BCUT2D eigenvalue weighted by Crippen LogP contribution is -2.30. The quantitative estimate of drug-likeness (QED) is 0.751. The lowest BCUT2D eigenvalue weighted by Gasteiger charge is -2.24. The van der Waals surface area contributed by atoms with Crippen molar-refractivity contribution in [2.24, 2.45) is 7.05 Å². The molecule has 0 saturated heterocycles. The van der Waals surface area contributed by atoms with Crippen LogP contribution in [0.4, 0.5) is 0 Å². The summed E-state index contributed by atoms with van der Waals surface area (Å²) in [6.45, 7) is 5.44. The van der Waals surface area contributed by atoms with Gasteiger partial charge in [-0.1, -0.05) is 18.5 Å². The highest BCUT2D eigenvalue weighted by atomic mass is 35.5. The Hall–Kier alpha value is -0.580. The van der Waals surface area contributed by atoms with Crippen LogP contribution >= 0.6 is 11.6 Å². The molecule has 0 saturated carbocycles. The summed E-state index contributed by atoms with van der Waals surface area (Å²) in [4.78, 5) is 0. The van der Waals surface area contributed by atoms with Gasteiger partial charge in [0.2, 0.25) is 0 Å². The summed E-state index contributed by atoms with van der Waals surface area (Å²) in [5, 5.41) is 18.0. The smallest absolute Gasteiger partial charge is 0.106 e. The molecule has 1 rings (SSSR count). The Labute approximate surface area is 95.2 Å². The number of aliphatic hydroxyl groups is 1. The van der Waals surface area contributed by atoms with E-state index in [2.05, 4.69) is 10.4 Å². The normalized spacial score (nSPS) is 15.3. The van der Waals surface area contributed by atoms with Crippen LogP contribution in [0.3, 0.4) is 0 Å². The third-order valence-corrected chi connectivity index (χ3v) is 2.72. The molecule has 0 bridgehead atoms. The number of hydrogen-bond acceptors (Lipinski definition) is 3. The average molecular weight is 232 g/mol. The molecule has 15 heavy (non-hydrogen) atoms. The summed E-state index contributed by atoms with van der Waals surface area (Å²) in [5.74, 6) is 0. The fourth-order valence-corrected chi connectivity index (χ4v) is 2.01. The van der Waals surface area contributed by atoms with Crippen LogP contribution in [-0.2, 0) is 12.6 Å². The van der Waals surface area contributed by atoms with E-state index in [0.717, 1.165) is 13.1 Å². The molecule has 0 aliphatic heterocycles. The predicted molar refractivity (Wildman–Crippen MR) is 60.9 cm³/mol. The van der Waals surface area contributed by atoms with Crippen molar-refractivity contribution in [2.75, 3.05) is 13.1 Å². The Morgan fingerprint density at radius 3 is 2.80 bits per heavy atom. The van der Waals surface area contributed by atoms with Gasteiger partial charge in [-0.05, 0) is 26.4 Å². The van der Waals surface area contributed by atoms with E-state index in [1.165, 1.54) is 0 Å². The molecule has 0 aromatic carbocycles. The molecule has 0 aliphatic rings. The Morgan fingerprint density at radius 2 is 2.33 bits per heavy atom. The fraction of sp³-hybridized carbons (Fsp3) is 0.700. The van der Waals surface area contributed by atoms with Crippen LogP contribution in [0.25, 0.3) is 0 Å². The Kier molecular flexibility index (Phi) is 4.13. The zero-order chi connectivity index (χ0) is 11.5.